The first-order chi connectivity index (χ1) is 11.7. The molecule has 0 radical (unpaired) electrons. The average Bonchev–Trinajstić information content (AvgIpc) is 2.39. The number of unbranched alkanes of at least 4 members (excludes halogenated alkanes) is 6. The SMILES string of the molecule is CC(C)OCCCCCCCCCC(C(C)(C)C)(C(C)(C)C)C(C)(C)C. The minimum absolute atomic E-state index is 0.305. The molecule has 0 amide bonds. The summed E-state index contributed by atoms with van der Waals surface area (Å²) in [4.78, 5) is 0. The summed E-state index contributed by atoms with van der Waals surface area (Å²) in [5.74, 6) is 0. The van der Waals surface area contributed by atoms with Gasteiger partial charge in [0.1, 0.15) is 0 Å². The predicted molar refractivity (Wildman–Crippen MR) is 119 cm³/mol. The van der Waals surface area contributed by atoms with E-state index in [0.717, 1.165) is 6.61 Å². The van der Waals surface area contributed by atoms with Gasteiger partial charge in [0.05, 0.1) is 6.10 Å². The molecule has 0 N–H and O–H groups in total. The molecule has 0 aromatic rings. The lowest BCUT2D eigenvalue weighted by molar-refractivity contribution is -0.129. The van der Waals surface area contributed by atoms with Gasteiger partial charge in [-0.2, -0.15) is 0 Å². The van der Waals surface area contributed by atoms with E-state index in [1.807, 2.05) is 0 Å². The van der Waals surface area contributed by atoms with Crippen LogP contribution < -0.4 is 0 Å². The maximum absolute atomic E-state index is 5.62. The Morgan fingerprint density at radius 3 is 1.23 bits per heavy atom. The fraction of sp³-hybridized carbons (Fsp3) is 1.00. The Bertz CT molecular complexity index is 323. The highest BCUT2D eigenvalue weighted by atomic mass is 16.5. The summed E-state index contributed by atoms with van der Waals surface area (Å²) >= 11 is 0. The smallest absolute Gasteiger partial charge is 0.0518 e. The first-order valence-corrected chi connectivity index (χ1v) is 11.3. The van der Waals surface area contributed by atoms with Crippen molar-refractivity contribution >= 4 is 0 Å². The third-order valence-electron chi connectivity index (χ3n) is 6.49. The number of hydrogen-bond donors (Lipinski definition) is 0. The van der Waals surface area contributed by atoms with Gasteiger partial charge in [-0.25, -0.2) is 0 Å². The molecular formula is C25H52O. The molecule has 0 heterocycles. The Morgan fingerprint density at radius 2 is 0.885 bits per heavy atom. The average molecular weight is 369 g/mol. The van der Waals surface area contributed by atoms with Crippen LogP contribution in [0, 0.1) is 21.7 Å². The lowest BCUT2D eigenvalue weighted by Gasteiger charge is -2.62. The quantitative estimate of drug-likeness (QED) is 0.331. The number of hydrogen-bond acceptors (Lipinski definition) is 1. The van der Waals surface area contributed by atoms with Crippen molar-refractivity contribution in [3.05, 3.63) is 0 Å². The van der Waals surface area contributed by atoms with Crippen molar-refractivity contribution in [1.29, 1.82) is 0 Å². The van der Waals surface area contributed by atoms with E-state index >= 15 is 0 Å². The number of ether oxygens (including phenoxy) is 1. The Labute approximate surface area is 167 Å². The first-order valence-electron chi connectivity index (χ1n) is 11.3. The zero-order valence-electron chi connectivity index (χ0n) is 20.3. The molecule has 0 atom stereocenters. The first kappa shape index (κ1) is 26.0. The van der Waals surface area contributed by atoms with Gasteiger partial charge in [0.15, 0.2) is 0 Å². The van der Waals surface area contributed by atoms with Gasteiger partial charge < -0.3 is 4.74 Å². The molecular weight excluding hydrogens is 316 g/mol. The highest BCUT2D eigenvalue weighted by Gasteiger charge is 2.56. The molecule has 0 spiro atoms. The molecule has 0 bridgehead atoms. The molecule has 26 heavy (non-hydrogen) atoms. The van der Waals surface area contributed by atoms with Gasteiger partial charge in [-0.15, -0.1) is 0 Å². The maximum atomic E-state index is 5.62. The molecule has 1 nitrogen and oxygen atoms in total. The van der Waals surface area contributed by atoms with Crippen LogP contribution in [0.25, 0.3) is 0 Å². The summed E-state index contributed by atoms with van der Waals surface area (Å²) in [6, 6.07) is 0. The summed E-state index contributed by atoms with van der Waals surface area (Å²) < 4.78 is 5.62. The van der Waals surface area contributed by atoms with Gasteiger partial charge >= 0.3 is 0 Å². The lowest BCUT2D eigenvalue weighted by atomic mass is 9.43. The van der Waals surface area contributed by atoms with Crippen molar-refractivity contribution in [1.82, 2.24) is 0 Å². The molecule has 0 saturated heterocycles. The van der Waals surface area contributed by atoms with Gasteiger partial charge in [0.2, 0.25) is 0 Å². The second-order valence-electron chi connectivity index (χ2n) is 11.8. The van der Waals surface area contributed by atoms with E-state index in [9.17, 15) is 0 Å². The van der Waals surface area contributed by atoms with E-state index < -0.39 is 0 Å². The van der Waals surface area contributed by atoms with E-state index in [4.69, 9.17) is 4.74 Å². The zero-order valence-corrected chi connectivity index (χ0v) is 20.3. The van der Waals surface area contributed by atoms with Crippen LogP contribution in [0.3, 0.4) is 0 Å². The Morgan fingerprint density at radius 1 is 0.538 bits per heavy atom. The summed E-state index contributed by atoms with van der Waals surface area (Å²) in [6.07, 6.45) is 11.1. The summed E-state index contributed by atoms with van der Waals surface area (Å²) in [5, 5.41) is 0. The van der Waals surface area contributed by atoms with Gasteiger partial charge in [-0.1, -0.05) is 101 Å². The molecule has 0 rings (SSSR count). The fourth-order valence-electron chi connectivity index (χ4n) is 6.20. The Balaban J connectivity index is 4.42. The molecule has 0 aliphatic carbocycles. The van der Waals surface area contributed by atoms with Crippen molar-refractivity contribution in [2.24, 2.45) is 21.7 Å². The van der Waals surface area contributed by atoms with Crippen molar-refractivity contribution in [2.45, 2.75) is 134 Å². The van der Waals surface area contributed by atoms with Gasteiger partial charge in [0, 0.05) is 6.61 Å². The summed E-state index contributed by atoms with van der Waals surface area (Å²) in [5.41, 5.74) is 1.25. The Kier molecular flexibility index (Phi) is 10.5. The van der Waals surface area contributed by atoms with E-state index in [1.54, 1.807) is 0 Å². The molecule has 0 saturated carbocycles. The normalized spacial score (nSPS) is 14.3. The van der Waals surface area contributed by atoms with Crippen LogP contribution in [-0.2, 0) is 4.74 Å². The molecule has 0 aromatic heterocycles. The molecule has 0 aliphatic heterocycles. The molecule has 0 fully saturated rings. The molecule has 1 heteroatoms. The maximum Gasteiger partial charge on any atom is 0.0518 e. The van der Waals surface area contributed by atoms with Crippen LogP contribution in [0.5, 0.6) is 0 Å². The van der Waals surface area contributed by atoms with Crippen LogP contribution in [-0.4, -0.2) is 12.7 Å². The van der Waals surface area contributed by atoms with Gasteiger partial charge in [-0.05, 0) is 48.3 Å². The molecule has 158 valence electrons. The van der Waals surface area contributed by atoms with Crippen molar-refractivity contribution in [2.75, 3.05) is 6.61 Å². The second kappa shape index (κ2) is 10.5. The van der Waals surface area contributed by atoms with Gasteiger partial charge in [0.25, 0.3) is 0 Å². The monoisotopic (exact) mass is 368 g/mol. The topological polar surface area (TPSA) is 9.23 Å². The minimum atomic E-state index is 0.305. The van der Waals surface area contributed by atoms with Crippen LogP contribution in [0.4, 0.5) is 0 Å². The van der Waals surface area contributed by atoms with Gasteiger partial charge in [-0.3, -0.25) is 0 Å². The highest BCUT2D eigenvalue weighted by Crippen LogP contribution is 2.63. The van der Waals surface area contributed by atoms with E-state index in [1.165, 1.54) is 51.4 Å². The van der Waals surface area contributed by atoms with Crippen LogP contribution in [0.2, 0.25) is 0 Å². The van der Waals surface area contributed by atoms with Crippen LogP contribution >= 0.6 is 0 Å². The third-order valence-corrected chi connectivity index (χ3v) is 6.49. The Hall–Kier alpha value is -0.0400. The zero-order chi connectivity index (χ0) is 20.6. The van der Waals surface area contributed by atoms with Crippen LogP contribution in [0.1, 0.15) is 128 Å². The van der Waals surface area contributed by atoms with Crippen LogP contribution in [0.15, 0.2) is 0 Å². The summed E-state index contributed by atoms with van der Waals surface area (Å²) in [6.45, 7) is 27.3. The van der Waals surface area contributed by atoms with E-state index in [-0.39, 0.29) is 0 Å². The minimum Gasteiger partial charge on any atom is -0.379 e. The molecule has 0 aromatic carbocycles. The second-order valence-corrected chi connectivity index (χ2v) is 11.8. The molecule has 0 aliphatic rings. The summed E-state index contributed by atoms with van der Waals surface area (Å²) in [7, 11) is 0. The lowest BCUT2D eigenvalue weighted by Crippen LogP contribution is -2.54. The fourth-order valence-corrected chi connectivity index (χ4v) is 6.20. The van der Waals surface area contributed by atoms with Crippen molar-refractivity contribution in [3.8, 4) is 0 Å². The predicted octanol–water partition coefficient (Wildman–Crippen LogP) is 8.66. The molecule has 0 unspecified atom stereocenters. The van der Waals surface area contributed by atoms with Crippen molar-refractivity contribution < 1.29 is 4.74 Å². The standard InChI is InChI=1S/C25H52O/c1-21(2)26-20-18-16-14-12-13-15-17-19-25(22(3,4)5,23(6,7)8)24(9,10)11/h21H,12-20H2,1-11H3. The van der Waals surface area contributed by atoms with Crippen molar-refractivity contribution in [3.63, 3.8) is 0 Å². The van der Waals surface area contributed by atoms with E-state index in [0.29, 0.717) is 27.8 Å². The highest BCUT2D eigenvalue weighted by molar-refractivity contribution is 5.05. The largest absolute Gasteiger partial charge is 0.379 e. The third kappa shape index (κ3) is 7.53. The van der Waals surface area contributed by atoms with E-state index in [2.05, 4.69) is 76.2 Å². The number of rotatable bonds is 11.